The standard InChI is InChI=1S/C21H26N4O2/c1-14(2)7-10-22-21(26)15-8-11-25(12-9-15)20-19-18(23-13-24-20)16-5-3-4-6-17(16)27-19/h3-6,13-15H,7-12H2,1-2H3,(H,22,26). The lowest BCUT2D eigenvalue weighted by Gasteiger charge is -2.32. The van der Waals surface area contributed by atoms with Crippen LogP contribution in [0.5, 0.6) is 0 Å². The van der Waals surface area contributed by atoms with E-state index in [1.54, 1.807) is 6.33 Å². The lowest BCUT2D eigenvalue weighted by molar-refractivity contribution is -0.125. The Bertz CT molecular complexity index is 942. The predicted molar refractivity (Wildman–Crippen MR) is 107 cm³/mol. The molecule has 1 aliphatic heterocycles. The third-order valence-electron chi connectivity index (χ3n) is 5.33. The van der Waals surface area contributed by atoms with Gasteiger partial charge < -0.3 is 14.6 Å². The van der Waals surface area contributed by atoms with Crippen LogP contribution in [-0.2, 0) is 4.79 Å². The highest BCUT2D eigenvalue weighted by Crippen LogP contribution is 2.33. The van der Waals surface area contributed by atoms with Gasteiger partial charge >= 0.3 is 0 Å². The van der Waals surface area contributed by atoms with E-state index in [1.807, 2.05) is 24.3 Å². The number of hydrogen-bond donors (Lipinski definition) is 1. The number of benzene rings is 1. The van der Waals surface area contributed by atoms with Crippen molar-refractivity contribution in [3.63, 3.8) is 0 Å². The van der Waals surface area contributed by atoms with Gasteiger partial charge in [-0.25, -0.2) is 9.97 Å². The number of amides is 1. The van der Waals surface area contributed by atoms with E-state index in [4.69, 9.17) is 4.42 Å². The van der Waals surface area contributed by atoms with E-state index in [1.165, 1.54) is 0 Å². The zero-order chi connectivity index (χ0) is 18.8. The monoisotopic (exact) mass is 366 g/mol. The molecule has 3 aromatic rings. The Hall–Kier alpha value is -2.63. The van der Waals surface area contributed by atoms with Gasteiger partial charge in [-0.15, -0.1) is 0 Å². The molecule has 0 radical (unpaired) electrons. The molecule has 6 nitrogen and oxygen atoms in total. The summed E-state index contributed by atoms with van der Waals surface area (Å²) >= 11 is 0. The number of nitrogens with zero attached hydrogens (tertiary/aromatic N) is 3. The number of piperidine rings is 1. The van der Waals surface area contributed by atoms with E-state index < -0.39 is 0 Å². The van der Waals surface area contributed by atoms with Crippen LogP contribution in [0.3, 0.4) is 0 Å². The summed E-state index contributed by atoms with van der Waals surface area (Å²) in [5, 5.41) is 4.09. The Labute approximate surface area is 159 Å². The maximum atomic E-state index is 12.4. The first kappa shape index (κ1) is 17.8. The summed E-state index contributed by atoms with van der Waals surface area (Å²) in [6, 6.07) is 7.92. The van der Waals surface area contributed by atoms with Gasteiger partial charge in [-0.05, 0) is 37.3 Å². The van der Waals surface area contributed by atoms with Gasteiger partial charge in [0.05, 0.1) is 0 Å². The van der Waals surface area contributed by atoms with Gasteiger partial charge in [-0.2, -0.15) is 0 Å². The SMILES string of the molecule is CC(C)CCNC(=O)C1CCN(c2ncnc3c2oc2ccccc23)CC1. The Morgan fingerprint density at radius 1 is 1.26 bits per heavy atom. The predicted octanol–water partition coefficient (Wildman–Crippen LogP) is 3.75. The molecular weight excluding hydrogens is 340 g/mol. The largest absolute Gasteiger partial charge is 0.450 e. The number of aromatic nitrogens is 2. The summed E-state index contributed by atoms with van der Waals surface area (Å²) < 4.78 is 6.04. The van der Waals surface area contributed by atoms with Crippen molar-refractivity contribution in [2.45, 2.75) is 33.1 Å². The van der Waals surface area contributed by atoms with Gasteiger partial charge in [0, 0.05) is 30.9 Å². The van der Waals surface area contributed by atoms with Crippen LogP contribution in [0.15, 0.2) is 35.0 Å². The van der Waals surface area contributed by atoms with Gasteiger partial charge in [0.15, 0.2) is 11.4 Å². The molecule has 1 aromatic carbocycles. The highest BCUT2D eigenvalue weighted by molar-refractivity contribution is 6.05. The molecule has 0 aliphatic carbocycles. The molecule has 0 saturated carbocycles. The van der Waals surface area contributed by atoms with Crippen molar-refractivity contribution in [1.29, 1.82) is 0 Å². The number of para-hydroxylation sites is 1. The number of furan rings is 1. The molecule has 27 heavy (non-hydrogen) atoms. The molecule has 4 rings (SSSR count). The number of nitrogens with one attached hydrogen (secondary N) is 1. The zero-order valence-electron chi connectivity index (χ0n) is 15.9. The number of anilines is 1. The van der Waals surface area contributed by atoms with E-state index >= 15 is 0 Å². The third-order valence-corrected chi connectivity index (χ3v) is 5.33. The molecule has 1 amide bonds. The Kier molecular flexibility index (Phi) is 4.97. The molecule has 1 fully saturated rings. The van der Waals surface area contributed by atoms with Gasteiger partial charge in [-0.1, -0.05) is 26.0 Å². The normalized spacial score (nSPS) is 15.7. The summed E-state index contributed by atoms with van der Waals surface area (Å²) in [5.74, 6) is 1.71. The molecular formula is C21H26N4O2. The molecule has 1 N–H and O–H groups in total. The first-order valence-corrected chi connectivity index (χ1v) is 9.78. The van der Waals surface area contributed by atoms with Crippen LogP contribution < -0.4 is 10.2 Å². The number of rotatable bonds is 5. The summed E-state index contributed by atoms with van der Waals surface area (Å²) in [6.07, 6.45) is 4.29. The van der Waals surface area contributed by atoms with Gasteiger partial charge in [0.2, 0.25) is 5.91 Å². The summed E-state index contributed by atoms with van der Waals surface area (Å²) in [7, 11) is 0. The second kappa shape index (κ2) is 7.55. The molecule has 0 bridgehead atoms. The molecule has 0 spiro atoms. The van der Waals surface area contributed by atoms with Crippen LogP contribution in [0.4, 0.5) is 5.82 Å². The van der Waals surface area contributed by atoms with Crippen molar-refractivity contribution in [3.05, 3.63) is 30.6 Å². The molecule has 6 heteroatoms. The fourth-order valence-electron chi connectivity index (χ4n) is 3.72. The van der Waals surface area contributed by atoms with Crippen LogP contribution in [-0.4, -0.2) is 35.5 Å². The maximum absolute atomic E-state index is 12.4. The van der Waals surface area contributed by atoms with Crippen LogP contribution in [0.1, 0.15) is 33.1 Å². The minimum absolute atomic E-state index is 0.0846. The van der Waals surface area contributed by atoms with Gasteiger partial charge in [-0.3, -0.25) is 4.79 Å². The van der Waals surface area contributed by atoms with E-state index in [2.05, 4.69) is 34.0 Å². The number of fused-ring (bicyclic) bond motifs is 3. The zero-order valence-corrected chi connectivity index (χ0v) is 15.9. The Balaban J connectivity index is 1.46. The number of carbonyl (C=O) groups is 1. The third kappa shape index (κ3) is 3.61. The van der Waals surface area contributed by atoms with Crippen molar-refractivity contribution in [1.82, 2.24) is 15.3 Å². The van der Waals surface area contributed by atoms with Crippen LogP contribution >= 0.6 is 0 Å². The van der Waals surface area contributed by atoms with Crippen molar-refractivity contribution in [2.75, 3.05) is 24.5 Å². The van der Waals surface area contributed by atoms with Gasteiger partial charge in [0.25, 0.3) is 0 Å². The molecule has 1 saturated heterocycles. The molecule has 3 heterocycles. The molecule has 0 atom stereocenters. The Morgan fingerprint density at radius 2 is 2.04 bits per heavy atom. The highest BCUT2D eigenvalue weighted by Gasteiger charge is 2.27. The fraction of sp³-hybridized carbons (Fsp3) is 0.476. The number of carbonyl (C=O) groups excluding carboxylic acids is 1. The van der Waals surface area contributed by atoms with Crippen LogP contribution in [0.25, 0.3) is 22.1 Å². The lowest BCUT2D eigenvalue weighted by atomic mass is 9.95. The molecule has 142 valence electrons. The summed E-state index contributed by atoms with van der Waals surface area (Å²) in [6.45, 7) is 6.70. The first-order chi connectivity index (χ1) is 13.1. The minimum atomic E-state index is 0.0846. The summed E-state index contributed by atoms with van der Waals surface area (Å²) in [4.78, 5) is 23.5. The smallest absolute Gasteiger partial charge is 0.223 e. The minimum Gasteiger partial charge on any atom is -0.450 e. The van der Waals surface area contributed by atoms with Gasteiger partial charge in [0.1, 0.15) is 17.4 Å². The van der Waals surface area contributed by atoms with E-state index in [0.29, 0.717) is 5.92 Å². The second-order valence-electron chi connectivity index (χ2n) is 7.71. The first-order valence-electron chi connectivity index (χ1n) is 9.78. The molecule has 1 aliphatic rings. The average molecular weight is 366 g/mol. The topological polar surface area (TPSA) is 71.3 Å². The molecule has 2 aromatic heterocycles. The Morgan fingerprint density at radius 3 is 2.81 bits per heavy atom. The van der Waals surface area contributed by atoms with Crippen molar-refractivity contribution in [3.8, 4) is 0 Å². The number of hydrogen-bond acceptors (Lipinski definition) is 5. The average Bonchev–Trinajstić information content (AvgIpc) is 3.06. The highest BCUT2D eigenvalue weighted by atomic mass is 16.3. The van der Waals surface area contributed by atoms with E-state index in [-0.39, 0.29) is 11.8 Å². The van der Waals surface area contributed by atoms with E-state index in [0.717, 1.165) is 66.8 Å². The van der Waals surface area contributed by atoms with Crippen LogP contribution in [0, 0.1) is 11.8 Å². The fourth-order valence-corrected chi connectivity index (χ4v) is 3.72. The van der Waals surface area contributed by atoms with Crippen LogP contribution in [0.2, 0.25) is 0 Å². The molecule has 0 unspecified atom stereocenters. The maximum Gasteiger partial charge on any atom is 0.223 e. The van der Waals surface area contributed by atoms with Crippen molar-refractivity contribution >= 4 is 33.8 Å². The van der Waals surface area contributed by atoms with E-state index in [9.17, 15) is 4.79 Å². The second-order valence-corrected chi connectivity index (χ2v) is 7.71. The lowest BCUT2D eigenvalue weighted by Crippen LogP contribution is -2.41. The quantitative estimate of drug-likeness (QED) is 0.744. The summed E-state index contributed by atoms with van der Waals surface area (Å²) in [5.41, 5.74) is 2.41. The van der Waals surface area contributed by atoms with Crippen molar-refractivity contribution in [2.24, 2.45) is 11.8 Å². The van der Waals surface area contributed by atoms with Crippen molar-refractivity contribution < 1.29 is 9.21 Å².